The van der Waals surface area contributed by atoms with Gasteiger partial charge in [-0.25, -0.2) is 4.98 Å². The Hall–Kier alpha value is -0.610. The Balaban J connectivity index is 2.02. The third-order valence-electron chi connectivity index (χ3n) is 3.66. The molecule has 0 amide bonds. The van der Waals surface area contributed by atoms with Crippen LogP contribution in [0.4, 0.5) is 5.13 Å². The monoisotopic (exact) mass is 295 g/mol. The van der Waals surface area contributed by atoms with Crippen molar-refractivity contribution in [2.24, 2.45) is 11.8 Å². The second-order valence-corrected chi connectivity index (χ2v) is 7.87. The fraction of sp³-hybridized carbons (Fsp3) is 0.812. The summed E-state index contributed by atoms with van der Waals surface area (Å²) in [6.45, 7) is 12.2. The number of thiazole rings is 1. The van der Waals surface area contributed by atoms with Crippen LogP contribution in [0.1, 0.15) is 57.0 Å². The zero-order valence-corrected chi connectivity index (χ0v) is 14.4. The van der Waals surface area contributed by atoms with Crippen molar-refractivity contribution >= 4 is 16.5 Å². The van der Waals surface area contributed by atoms with Crippen LogP contribution in [0.2, 0.25) is 0 Å². The first-order valence-electron chi connectivity index (χ1n) is 7.88. The highest BCUT2D eigenvalue weighted by Crippen LogP contribution is 2.34. The number of hydrogen-bond acceptors (Lipinski definition) is 4. The van der Waals surface area contributed by atoms with Crippen molar-refractivity contribution in [3.8, 4) is 0 Å². The summed E-state index contributed by atoms with van der Waals surface area (Å²) in [6.07, 6.45) is 2.80. The summed E-state index contributed by atoms with van der Waals surface area (Å²) >= 11 is 1.87. The van der Waals surface area contributed by atoms with Gasteiger partial charge < -0.3 is 10.2 Å². The molecule has 3 nitrogen and oxygen atoms in total. The van der Waals surface area contributed by atoms with E-state index in [4.69, 9.17) is 4.98 Å². The van der Waals surface area contributed by atoms with Gasteiger partial charge in [-0.05, 0) is 37.1 Å². The van der Waals surface area contributed by atoms with E-state index in [1.807, 2.05) is 11.3 Å². The lowest BCUT2D eigenvalue weighted by Crippen LogP contribution is -2.19. The summed E-state index contributed by atoms with van der Waals surface area (Å²) in [4.78, 5) is 8.66. The third kappa shape index (κ3) is 4.45. The Labute approximate surface area is 127 Å². The minimum atomic E-state index is 0.505. The largest absolute Gasteiger partial charge is 0.351 e. The first-order chi connectivity index (χ1) is 9.47. The summed E-state index contributed by atoms with van der Waals surface area (Å²) < 4.78 is 0. The molecular formula is C16H29N3S. The van der Waals surface area contributed by atoms with Crippen LogP contribution >= 0.6 is 11.3 Å². The SMILES string of the molecule is CC(C)CNCc1sc(N(C)CC2CC2)nc1C(C)C. The van der Waals surface area contributed by atoms with E-state index in [1.54, 1.807) is 0 Å². The molecule has 2 rings (SSSR count). The van der Waals surface area contributed by atoms with Crippen LogP contribution in [0.25, 0.3) is 0 Å². The second kappa shape index (κ2) is 6.90. The Morgan fingerprint density at radius 3 is 2.55 bits per heavy atom. The van der Waals surface area contributed by atoms with Gasteiger partial charge in [-0.2, -0.15) is 0 Å². The van der Waals surface area contributed by atoms with E-state index in [9.17, 15) is 0 Å². The lowest BCUT2D eigenvalue weighted by molar-refractivity contribution is 0.552. The molecule has 1 aromatic rings. The molecule has 1 heterocycles. The first kappa shape index (κ1) is 15.8. The van der Waals surface area contributed by atoms with Gasteiger partial charge in [-0.1, -0.05) is 27.7 Å². The molecule has 1 fully saturated rings. The molecule has 4 heteroatoms. The van der Waals surface area contributed by atoms with Gasteiger partial charge in [-0.3, -0.25) is 0 Å². The van der Waals surface area contributed by atoms with Gasteiger partial charge >= 0.3 is 0 Å². The van der Waals surface area contributed by atoms with Crippen molar-refractivity contribution in [3.63, 3.8) is 0 Å². The Morgan fingerprint density at radius 2 is 2.00 bits per heavy atom. The molecule has 1 aliphatic rings. The molecule has 0 atom stereocenters. The Bertz CT molecular complexity index is 421. The van der Waals surface area contributed by atoms with E-state index in [2.05, 4.69) is 45.0 Å². The van der Waals surface area contributed by atoms with E-state index >= 15 is 0 Å². The summed E-state index contributed by atoms with van der Waals surface area (Å²) in [6, 6.07) is 0. The number of anilines is 1. The molecule has 20 heavy (non-hydrogen) atoms. The van der Waals surface area contributed by atoms with Crippen LogP contribution in [-0.4, -0.2) is 25.1 Å². The molecule has 0 aliphatic heterocycles. The summed E-state index contributed by atoms with van der Waals surface area (Å²) in [7, 11) is 2.19. The minimum absolute atomic E-state index is 0.505. The van der Waals surface area contributed by atoms with Crippen LogP contribution in [0.5, 0.6) is 0 Å². The van der Waals surface area contributed by atoms with Gasteiger partial charge in [0, 0.05) is 25.0 Å². The van der Waals surface area contributed by atoms with E-state index in [1.165, 1.54) is 35.1 Å². The van der Waals surface area contributed by atoms with Crippen molar-refractivity contribution in [2.45, 2.75) is 53.0 Å². The highest BCUT2D eigenvalue weighted by atomic mass is 32.1. The van der Waals surface area contributed by atoms with Gasteiger partial charge in [0.25, 0.3) is 0 Å². The molecule has 0 saturated heterocycles. The van der Waals surface area contributed by atoms with Crippen LogP contribution in [0.3, 0.4) is 0 Å². The van der Waals surface area contributed by atoms with Crippen LogP contribution in [-0.2, 0) is 6.54 Å². The van der Waals surface area contributed by atoms with Crippen molar-refractivity contribution in [2.75, 3.05) is 25.0 Å². The van der Waals surface area contributed by atoms with Crippen LogP contribution in [0, 0.1) is 11.8 Å². The zero-order chi connectivity index (χ0) is 14.7. The summed E-state index contributed by atoms with van der Waals surface area (Å²) in [5.74, 6) is 2.11. The molecule has 0 aromatic carbocycles. The number of nitrogens with zero attached hydrogens (tertiary/aromatic N) is 2. The molecule has 0 bridgehead atoms. The van der Waals surface area contributed by atoms with Crippen LogP contribution in [0.15, 0.2) is 0 Å². The van der Waals surface area contributed by atoms with Gasteiger partial charge in [0.05, 0.1) is 5.69 Å². The molecule has 0 radical (unpaired) electrons. The quantitative estimate of drug-likeness (QED) is 0.789. The highest BCUT2D eigenvalue weighted by molar-refractivity contribution is 7.15. The van der Waals surface area contributed by atoms with Gasteiger partial charge in [0.15, 0.2) is 5.13 Å². The normalized spacial score (nSPS) is 15.3. The van der Waals surface area contributed by atoms with Gasteiger partial charge in [0.2, 0.25) is 0 Å². The molecule has 0 spiro atoms. The molecule has 1 aromatic heterocycles. The average molecular weight is 295 g/mol. The number of hydrogen-bond donors (Lipinski definition) is 1. The highest BCUT2D eigenvalue weighted by Gasteiger charge is 2.25. The molecule has 114 valence electrons. The van der Waals surface area contributed by atoms with Crippen molar-refractivity contribution in [1.29, 1.82) is 0 Å². The first-order valence-corrected chi connectivity index (χ1v) is 8.70. The topological polar surface area (TPSA) is 28.2 Å². The second-order valence-electron chi connectivity index (χ2n) is 6.81. The van der Waals surface area contributed by atoms with Crippen molar-refractivity contribution < 1.29 is 0 Å². The maximum Gasteiger partial charge on any atom is 0.185 e. The Morgan fingerprint density at radius 1 is 1.30 bits per heavy atom. The fourth-order valence-electron chi connectivity index (χ4n) is 2.33. The average Bonchev–Trinajstić information content (AvgIpc) is 3.05. The fourth-order valence-corrected chi connectivity index (χ4v) is 3.49. The number of rotatable bonds is 8. The Kier molecular flexibility index (Phi) is 5.44. The maximum atomic E-state index is 4.89. The number of nitrogens with one attached hydrogen (secondary N) is 1. The zero-order valence-electron chi connectivity index (χ0n) is 13.6. The third-order valence-corrected chi connectivity index (χ3v) is 4.84. The van der Waals surface area contributed by atoms with Crippen molar-refractivity contribution in [1.82, 2.24) is 10.3 Å². The predicted molar refractivity (Wildman–Crippen MR) is 88.7 cm³/mol. The predicted octanol–water partition coefficient (Wildman–Crippen LogP) is 3.86. The summed E-state index contributed by atoms with van der Waals surface area (Å²) in [5, 5.41) is 4.75. The van der Waals surface area contributed by atoms with Crippen LogP contribution < -0.4 is 10.2 Å². The van der Waals surface area contributed by atoms with Gasteiger partial charge in [0.1, 0.15) is 0 Å². The molecular weight excluding hydrogens is 266 g/mol. The summed E-state index contributed by atoms with van der Waals surface area (Å²) in [5.41, 5.74) is 1.28. The van der Waals surface area contributed by atoms with Gasteiger partial charge in [-0.15, -0.1) is 11.3 Å². The lowest BCUT2D eigenvalue weighted by atomic mass is 10.1. The molecule has 0 unspecified atom stereocenters. The van der Waals surface area contributed by atoms with E-state index in [-0.39, 0.29) is 0 Å². The molecule has 1 N–H and O–H groups in total. The standard InChI is InChI=1S/C16H29N3S/c1-11(2)8-17-9-14-15(12(3)4)18-16(20-14)19(5)10-13-6-7-13/h11-13,17H,6-10H2,1-5H3. The minimum Gasteiger partial charge on any atom is -0.351 e. The lowest BCUT2D eigenvalue weighted by Gasteiger charge is -2.14. The molecule has 1 saturated carbocycles. The maximum absolute atomic E-state index is 4.89. The number of aromatic nitrogens is 1. The molecule has 1 aliphatic carbocycles. The van der Waals surface area contributed by atoms with Crippen molar-refractivity contribution in [3.05, 3.63) is 10.6 Å². The van der Waals surface area contributed by atoms with E-state index < -0.39 is 0 Å². The van der Waals surface area contributed by atoms with E-state index in [0.717, 1.165) is 19.0 Å². The smallest absolute Gasteiger partial charge is 0.185 e. The van der Waals surface area contributed by atoms with E-state index in [0.29, 0.717) is 11.8 Å².